The number of halogens is 1. The van der Waals surface area contributed by atoms with Crippen molar-refractivity contribution in [1.29, 1.82) is 0 Å². The van der Waals surface area contributed by atoms with Crippen LogP contribution < -0.4 is 4.74 Å². The molecule has 1 heterocycles. The summed E-state index contributed by atoms with van der Waals surface area (Å²) in [6.45, 7) is 1.97. The SMILES string of the molecule is CCOc1ccc(Cc2cc([C@H]3O[C@@H]([C@H](O)CO)[C@H](O)[C@H]3O)ccc2Cl)cc1. The molecule has 1 aliphatic heterocycles. The van der Waals surface area contributed by atoms with Crippen LogP contribution in [0.4, 0.5) is 0 Å². The molecule has 0 aliphatic carbocycles. The quantitative estimate of drug-likeness (QED) is 0.558. The summed E-state index contributed by atoms with van der Waals surface area (Å²) in [5.74, 6) is 0.802. The summed E-state index contributed by atoms with van der Waals surface area (Å²) >= 11 is 6.35. The standard InChI is InChI=1S/C21H25ClO6/c1-2-27-15-6-3-12(4-7-15)9-14-10-13(5-8-16(14)22)20-18(25)19(26)21(28-20)17(24)11-23/h3-8,10,17-21,23-26H,2,9,11H2,1H3/t17-,18-,19-,20-,21+/m1/s1. The van der Waals surface area contributed by atoms with Crippen molar-refractivity contribution in [2.45, 2.75) is 43.9 Å². The molecule has 1 fully saturated rings. The fourth-order valence-electron chi connectivity index (χ4n) is 3.40. The van der Waals surface area contributed by atoms with Gasteiger partial charge in [-0.15, -0.1) is 0 Å². The Morgan fingerprint density at radius 2 is 1.82 bits per heavy atom. The number of hydrogen-bond donors (Lipinski definition) is 4. The van der Waals surface area contributed by atoms with Crippen molar-refractivity contribution in [2.75, 3.05) is 13.2 Å². The van der Waals surface area contributed by atoms with E-state index in [1.165, 1.54) is 0 Å². The first-order valence-electron chi connectivity index (χ1n) is 9.25. The Balaban J connectivity index is 1.79. The number of rotatable bonds is 7. The zero-order chi connectivity index (χ0) is 20.3. The van der Waals surface area contributed by atoms with Crippen molar-refractivity contribution in [2.24, 2.45) is 0 Å². The zero-order valence-corrected chi connectivity index (χ0v) is 16.3. The van der Waals surface area contributed by atoms with E-state index in [1.54, 1.807) is 12.1 Å². The second-order valence-electron chi connectivity index (χ2n) is 6.86. The van der Waals surface area contributed by atoms with Crippen molar-refractivity contribution < 1.29 is 29.9 Å². The van der Waals surface area contributed by atoms with Crippen LogP contribution in [0, 0.1) is 0 Å². The van der Waals surface area contributed by atoms with E-state index in [0.29, 0.717) is 23.6 Å². The summed E-state index contributed by atoms with van der Waals surface area (Å²) in [4.78, 5) is 0. The smallest absolute Gasteiger partial charge is 0.119 e. The first kappa shape index (κ1) is 21.0. The maximum atomic E-state index is 10.3. The highest BCUT2D eigenvalue weighted by atomic mass is 35.5. The molecule has 0 radical (unpaired) electrons. The lowest BCUT2D eigenvalue weighted by atomic mass is 9.96. The molecule has 1 saturated heterocycles. The van der Waals surface area contributed by atoms with Gasteiger partial charge in [0.1, 0.15) is 36.3 Å². The zero-order valence-electron chi connectivity index (χ0n) is 15.5. The molecule has 3 rings (SSSR count). The van der Waals surface area contributed by atoms with Gasteiger partial charge in [0.25, 0.3) is 0 Å². The molecular weight excluding hydrogens is 384 g/mol. The molecule has 152 valence electrons. The van der Waals surface area contributed by atoms with Gasteiger partial charge < -0.3 is 29.9 Å². The number of hydrogen-bond acceptors (Lipinski definition) is 6. The minimum Gasteiger partial charge on any atom is -0.494 e. The van der Waals surface area contributed by atoms with E-state index in [2.05, 4.69) is 0 Å². The Kier molecular flexibility index (Phi) is 6.93. The normalized spacial score (nSPS) is 25.6. The fourth-order valence-corrected chi connectivity index (χ4v) is 3.58. The van der Waals surface area contributed by atoms with Gasteiger partial charge in [0.2, 0.25) is 0 Å². The second kappa shape index (κ2) is 9.22. The molecule has 4 N–H and O–H groups in total. The molecule has 7 heteroatoms. The fraction of sp³-hybridized carbons (Fsp3) is 0.429. The second-order valence-corrected chi connectivity index (χ2v) is 7.26. The summed E-state index contributed by atoms with van der Waals surface area (Å²) in [5.41, 5.74) is 2.54. The van der Waals surface area contributed by atoms with E-state index >= 15 is 0 Å². The van der Waals surface area contributed by atoms with Gasteiger partial charge in [-0.1, -0.05) is 35.9 Å². The van der Waals surface area contributed by atoms with Gasteiger partial charge in [-0.2, -0.15) is 0 Å². The van der Waals surface area contributed by atoms with Gasteiger partial charge in [0.05, 0.1) is 13.2 Å². The molecule has 28 heavy (non-hydrogen) atoms. The Labute approximate surface area is 168 Å². The Morgan fingerprint density at radius 3 is 2.46 bits per heavy atom. The molecule has 1 aliphatic rings. The largest absolute Gasteiger partial charge is 0.494 e. The van der Waals surface area contributed by atoms with Crippen molar-refractivity contribution >= 4 is 11.6 Å². The molecule has 0 bridgehead atoms. The van der Waals surface area contributed by atoms with Crippen molar-refractivity contribution in [3.63, 3.8) is 0 Å². The third kappa shape index (κ3) is 4.49. The van der Waals surface area contributed by atoms with Crippen molar-refractivity contribution in [3.8, 4) is 5.75 Å². The highest BCUT2D eigenvalue weighted by Crippen LogP contribution is 2.36. The third-order valence-corrected chi connectivity index (χ3v) is 5.26. The highest BCUT2D eigenvalue weighted by molar-refractivity contribution is 6.31. The van der Waals surface area contributed by atoms with Crippen LogP contribution >= 0.6 is 11.6 Å². The van der Waals surface area contributed by atoms with E-state index < -0.39 is 37.1 Å². The maximum absolute atomic E-state index is 10.3. The van der Waals surface area contributed by atoms with Crippen molar-refractivity contribution in [3.05, 3.63) is 64.2 Å². The predicted molar refractivity (Wildman–Crippen MR) is 105 cm³/mol. The summed E-state index contributed by atoms with van der Waals surface area (Å²) in [7, 11) is 0. The lowest BCUT2D eigenvalue weighted by Gasteiger charge is -2.19. The highest BCUT2D eigenvalue weighted by Gasteiger charge is 2.46. The lowest BCUT2D eigenvalue weighted by Crippen LogP contribution is -2.40. The van der Waals surface area contributed by atoms with Gasteiger partial charge in [0, 0.05) is 5.02 Å². The van der Waals surface area contributed by atoms with Gasteiger partial charge in [-0.05, 0) is 48.2 Å². The Hall–Kier alpha value is -1.67. The number of aliphatic hydroxyl groups is 4. The summed E-state index contributed by atoms with van der Waals surface area (Å²) in [6, 6.07) is 13.0. The van der Waals surface area contributed by atoms with Crippen LogP contribution in [0.5, 0.6) is 5.75 Å². The topological polar surface area (TPSA) is 99.4 Å². The lowest BCUT2D eigenvalue weighted by molar-refractivity contribution is -0.0820. The number of benzene rings is 2. The molecule has 0 saturated carbocycles. The van der Waals surface area contributed by atoms with Crippen LogP contribution in [0.15, 0.2) is 42.5 Å². The van der Waals surface area contributed by atoms with E-state index in [-0.39, 0.29) is 0 Å². The molecule has 6 nitrogen and oxygen atoms in total. The average Bonchev–Trinajstić information content (AvgIpc) is 3.00. The third-order valence-electron chi connectivity index (χ3n) is 4.89. The van der Waals surface area contributed by atoms with Gasteiger partial charge >= 0.3 is 0 Å². The number of aliphatic hydroxyl groups excluding tert-OH is 4. The summed E-state index contributed by atoms with van der Waals surface area (Å²) in [6.07, 6.45) is -5.09. The average molecular weight is 409 g/mol. The van der Waals surface area contributed by atoms with Crippen LogP contribution in [-0.2, 0) is 11.2 Å². The predicted octanol–water partition coefficient (Wildman–Crippen LogP) is 1.84. The molecular formula is C21H25ClO6. The molecule has 5 atom stereocenters. The Morgan fingerprint density at radius 1 is 1.11 bits per heavy atom. The number of ether oxygens (including phenoxy) is 2. The van der Waals surface area contributed by atoms with Crippen LogP contribution in [0.1, 0.15) is 29.7 Å². The van der Waals surface area contributed by atoms with Crippen LogP contribution in [0.3, 0.4) is 0 Å². The van der Waals surface area contributed by atoms with Crippen molar-refractivity contribution in [1.82, 2.24) is 0 Å². The van der Waals surface area contributed by atoms with Crippen LogP contribution in [0.25, 0.3) is 0 Å². The van der Waals surface area contributed by atoms with E-state index in [4.69, 9.17) is 26.2 Å². The van der Waals surface area contributed by atoms with Gasteiger partial charge in [0.15, 0.2) is 0 Å². The first-order valence-corrected chi connectivity index (χ1v) is 9.63. The summed E-state index contributed by atoms with van der Waals surface area (Å²) < 4.78 is 11.1. The van der Waals surface area contributed by atoms with Gasteiger partial charge in [-0.3, -0.25) is 0 Å². The molecule has 2 aromatic carbocycles. The van der Waals surface area contributed by atoms with E-state index in [1.807, 2.05) is 37.3 Å². The molecule has 0 aromatic heterocycles. The first-order chi connectivity index (χ1) is 13.4. The molecule has 0 unspecified atom stereocenters. The summed E-state index contributed by atoms with van der Waals surface area (Å²) in [5, 5.41) is 40.0. The molecule has 0 amide bonds. The monoisotopic (exact) mass is 408 g/mol. The van der Waals surface area contributed by atoms with Crippen LogP contribution in [-0.4, -0.2) is 58.1 Å². The minimum absolute atomic E-state index is 0.565. The van der Waals surface area contributed by atoms with Gasteiger partial charge in [-0.25, -0.2) is 0 Å². The minimum atomic E-state index is -1.29. The molecule has 2 aromatic rings. The van der Waals surface area contributed by atoms with E-state index in [9.17, 15) is 15.3 Å². The van der Waals surface area contributed by atoms with E-state index in [0.717, 1.165) is 16.9 Å². The maximum Gasteiger partial charge on any atom is 0.119 e. The van der Waals surface area contributed by atoms with Crippen LogP contribution in [0.2, 0.25) is 5.02 Å². The Bertz CT molecular complexity index is 781. The molecule has 0 spiro atoms.